The molecule has 0 unspecified atom stereocenters. The van der Waals surface area contributed by atoms with E-state index in [-0.39, 0.29) is 5.41 Å². The Hall–Kier alpha value is -1.15. The highest BCUT2D eigenvalue weighted by atomic mass is 15.0. The summed E-state index contributed by atoms with van der Waals surface area (Å²) in [6, 6.07) is 8.40. The molecule has 0 aliphatic carbocycles. The van der Waals surface area contributed by atoms with Crippen molar-refractivity contribution in [2.75, 3.05) is 13.1 Å². The van der Waals surface area contributed by atoms with Crippen LogP contribution in [0.5, 0.6) is 0 Å². The number of benzene rings is 1. The van der Waals surface area contributed by atoms with E-state index in [2.05, 4.69) is 34.7 Å². The first-order valence-electron chi connectivity index (χ1n) is 4.26. The molecule has 0 radical (unpaired) electrons. The Balaban J connectivity index is 2.19. The Morgan fingerprint density at radius 2 is 2.08 bits per heavy atom. The molecular formula is C10H10N2. The molecule has 0 amide bonds. The van der Waals surface area contributed by atoms with Gasteiger partial charge in [0, 0.05) is 19.3 Å². The van der Waals surface area contributed by atoms with Gasteiger partial charge in [-0.1, -0.05) is 18.2 Å². The zero-order valence-corrected chi connectivity index (χ0v) is 6.75. The van der Waals surface area contributed by atoms with Gasteiger partial charge < -0.3 is 5.32 Å². The SMILES string of the molecule is C1=Nc2ccccc2C12CNC2. The third-order valence-corrected chi connectivity index (χ3v) is 2.77. The van der Waals surface area contributed by atoms with Gasteiger partial charge in [0.15, 0.2) is 0 Å². The van der Waals surface area contributed by atoms with E-state index in [1.165, 1.54) is 5.56 Å². The summed E-state index contributed by atoms with van der Waals surface area (Å²) in [5.74, 6) is 0. The van der Waals surface area contributed by atoms with Crippen molar-refractivity contribution in [3.63, 3.8) is 0 Å². The topological polar surface area (TPSA) is 24.4 Å². The van der Waals surface area contributed by atoms with Gasteiger partial charge in [0.1, 0.15) is 0 Å². The lowest BCUT2D eigenvalue weighted by atomic mass is 9.77. The summed E-state index contributed by atoms with van der Waals surface area (Å²) in [7, 11) is 0. The number of hydrogen-bond donors (Lipinski definition) is 1. The second-order valence-corrected chi connectivity index (χ2v) is 3.54. The van der Waals surface area contributed by atoms with Crippen LogP contribution < -0.4 is 5.32 Å². The maximum atomic E-state index is 4.41. The molecular weight excluding hydrogens is 148 g/mol. The first-order valence-corrected chi connectivity index (χ1v) is 4.26. The summed E-state index contributed by atoms with van der Waals surface area (Å²) >= 11 is 0. The van der Waals surface area contributed by atoms with Gasteiger partial charge in [-0.05, 0) is 11.6 Å². The highest BCUT2D eigenvalue weighted by Gasteiger charge is 2.41. The molecule has 1 spiro atoms. The van der Waals surface area contributed by atoms with Crippen molar-refractivity contribution in [1.82, 2.24) is 5.32 Å². The molecule has 2 aliphatic rings. The summed E-state index contributed by atoms with van der Waals surface area (Å²) in [6.07, 6.45) is 2.09. The van der Waals surface area contributed by atoms with Crippen LogP contribution in [0.3, 0.4) is 0 Å². The van der Waals surface area contributed by atoms with E-state index in [4.69, 9.17) is 0 Å². The molecule has 1 N–H and O–H groups in total. The fraction of sp³-hybridized carbons (Fsp3) is 0.300. The zero-order chi connectivity index (χ0) is 8.02. The highest BCUT2D eigenvalue weighted by Crippen LogP contribution is 2.38. The van der Waals surface area contributed by atoms with Crippen molar-refractivity contribution in [3.8, 4) is 0 Å². The lowest BCUT2D eigenvalue weighted by Gasteiger charge is -2.37. The third-order valence-electron chi connectivity index (χ3n) is 2.77. The summed E-state index contributed by atoms with van der Waals surface area (Å²) in [5.41, 5.74) is 2.79. The Bertz CT molecular complexity index is 351. The molecule has 2 nitrogen and oxygen atoms in total. The van der Waals surface area contributed by atoms with Crippen LogP contribution in [0.1, 0.15) is 5.56 Å². The standard InChI is InChI=1S/C10H10N2/c1-2-4-9-8(3-1)10(7-12-9)5-11-6-10/h1-4,7,11H,5-6H2. The van der Waals surface area contributed by atoms with Crippen LogP contribution in [0.15, 0.2) is 29.3 Å². The molecule has 0 atom stereocenters. The maximum Gasteiger partial charge on any atom is 0.0668 e. The highest BCUT2D eigenvalue weighted by molar-refractivity contribution is 5.86. The van der Waals surface area contributed by atoms with E-state index in [0.717, 1.165) is 18.8 Å². The lowest BCUT2D eigenvalue weighted by molar-refractivity contribution is 0.386. The third kappa shape index (κ3) is 0.612. The van der Waals surface area contributed by atoms with E-state index < -0.39 is 0 Å². The molecule has 0 aromatic heterocycles. The number of nitrogens with one attached hydrogen (secondary N) is 1. The molecule has 1 saturated heterocycles. The minimum absolute atomic E-state index is 0.247. The summed E-state index contributed by atoms with van der Waals surface area (Å²) < 4.78 is 0. The average molecular weight is 158 g/mol. The predicted octanol–water partition coefficient (Wildman–Crippen LogP) is 1.24. The van der Waals surface area contributed by atoms with Crippen molar-refractivity contribution >= 4 is 11.9 Å². The molecule has 3 rings (SSSR count). The number of nitrogens with zero attached hydrogens (tertiary/aromatic N) is 1. The van der Waals surface area contributed by atoms with E-state index in [0.29, 0.717) is 0 Å². The van der Waals surface area contributed by atoms with Gasteiger partial charge in [-0.15, -0.1) is 0 Å². The molecule has 60 valence electrons. The van der Waals surface area contributed by atoms with Gasteiger partial charge in [0.25, 0.3) is 0 Å². The second-order valence-electron chi connectivity index (χ2n) is 3.54. The van der Waals surface area contributed by atoms with Gasteiger partial charge in [-0.2, -0.15) is 0 Å². The normalized spacial score (nSPS) is 22.3. The summed E-state index contributed by atoms with van der Waals surface area (Å²) in [5, 5.41) is 3.29. The molecule has 0 bridgehead atoms. The van der Waals surface area contributed by atoms with Gasteiger partial charge in [0.2, 0.25) is 0 Å². The van der Waals surface area contributed by atoms with Crippen molar-refractivity contribution in [3.05, 3.63) is 29.8 Å². The number of rotatable bonds is 0. The van der Waals surface area contributed by atoms with Crippen LogP contribution in [-0.4, -0.2) is 19.3 Å². The molecule has 12 heavy (non-hydrogen) atoms. The number of hydrogen-bond acceptors (Lipinski definition) is 2. The van der Waals surface area contributed by atoms with Crippen LogP contribution in [-0.2, 0) is 5.41 Å². The Morgan fingerprint density at radius 1 is 1.25 bits per heavy atom. The fourth-order valence-electron chi connectivity index (χ4n) is 1.95. The van der Waals surface area contributed by atoms with E-state index in [9.17, 15) is 0 Å². The van der Waals surface area contributed by atoms with Gasteiger partial charge in [-0.25, -0.2) is 0 Å². The van der Waals surface area contributed by atoms with Crippen molar-refractivity contribution in [2.24, 2.45) is 4.99 Å². The minimum atomic E-state index is 0.247. The molecule has 1 aromatic carbocycles. The van der Waals surface area contributed by atoms with Gasteiger partial charge >= 0.3 is 0 Å². The van der Waals surface area contributed by atoms with Crippen molar-refractivity contribution in [1.29, 1.82) is 0 Å². The largest absolute Gasteiger partial charge is 0.314 e. The van der Waals surface area contributed by atoms with Gasteiger partial charge in [-0.3, -0.25) is 4.99 Å². The molecule has 2 heteroatoms. The van der Waals surface area contributed by atoms with E-state index in [1.807, 2.05) is 6.07 Å². The minimum Gasteiger partial charge on any atom is -0.314 e. The van der Waals surface area contributed by atoms with Crippen LogP contribution in [0.2, 0.25) is 0 Å². The van der Waals surface area contributed by atoms with Crippen LogP contribution in [0.25, 0.3) is 0 Å². The fourth-order valence-corrected chi connectivity index (χ4v) is 1.95. The number of fused-ring (bicyclic) bond motifs is 2. The first-order chi connectivity index (χ1) is 5.91. The van der Waals surface area contributed by atoms with Crippen molar-refractivity contribution in [2.45, 2.75) is 5.41 Å². The van der Waals surface area contributed by atoms with Crippen molar-refractivity contribution < 1.29 is 0 Å². The average Bonchev–Trinajstić information content (AvgIpc) is 2.42. The van der Waals surface area contributed by atoms with Crippen LogP contribution in [0.4, 0.5) is 5.69 Å². The van der Waals surface area contributed by atoms with E-state index >= 15 is 0 Å². The molecule has 1 fully saturated rings. The van der Waals surface area contributed by atoms with Crippen LogP contribution >= 0.6 is 0 Å². The predicted molar refractivity (Wildman–Crippen MR) is 49.1 cm³/mol. The monoisotopic (exact) mass is 158 g/mol. The lowest BCUT2D eigenvalue weighted by Crippen LogP contribution is -2.56. The molecule has 1 aromatic rings. The zero-order valence-electron chi connectivity index (χ0n) is 6.75. The Labute approximate surface area is 71.3 Å². The number of aliphatic imine (C=N–C) groups is 1. The number of para-hydroxylation sites is 1. The maximum absolute atomic E-state index is 4.41. The molecule has 0 saturated carbocycles. The molecule has 2 heterocycles. The summed E-state index contributed by atoms with van der Waals surface area (Å²) in [6.45, 7) is 2.10. The smallest absolute Gasteiger partial charge is 0.0668 e. The molecule has 2 aliphatic heterocycles. The Morgan fingerprint density at radius 3 is 2.83 bits per heavy atom. The summed E-state index contributed by atoms with van der Waals surface area (Å²) in [4.78, 5) is 4.41. The van der Waals surface area contributed by atoms with E-state index in [1.54, 1.807) is 0 Å². The van der Waals surface area contributed by atoms with Crippen LogP contribution in [0, 0.1) is 0 Å². The first kappa shape index (κ1) is 6.38. The Kier molecular flexibility index (Phi) is 1.04. The van der Waals surface area contributed by atoms with Gasteiger partial charge in [0.05, 0.1) is 11.1 Å². The second kappa shape index (κ2) is 1.96. The quantitative estimate of drug-likeness (QED) is 0.603.